The number of halogens is 3. The highest BCUT2D eigenvalue weighted by Crippen LogP contribution is 2.25. The van der Waals surface area contributed by atoms with Crippen molar-refractivity contribution in [1.29, 1.82) is 0 Å². The van der Waals surface area contributed by atoms with Crippen LogP contribution in [0, 0.1) is 5.82 Å². The minimum Gasteiger partial charge on any atom is -0.348 e. The standard InChI is InChI=1S/C12H12Cl2FNO/c13-9-2-1-3-11(9)16-12(17)8-5-4-7(15)6-10(8)14/h4-6,9,11H,1-3H2,(H,16,17). The molecule has 0 bridgehead atoms. The first-order chi connectivity index (χ1) is 8.08. The van der Waals surface area contributed by atoms with Crippen molar-refractivity contribution in [2.24, 2.45) is 0 Å². The van der Waals surface area contributed by atoms with Gasteiger partial charge in [-0.1, -0.05) is 11.6 Å². The van der Waals surface area contributed by atoms with E-state index in [1.54, 1.807) is 0 Å². The van der Waals surface area contributed by atoms with Crippen LogP contribution in [-0.4, -0.2) is 17.3 Å². The van der Waals surface area contributed by atoms with Gasteiger partial charge in [-0.3, -0.25) is 4.79 Å². The number of nitrogens with one attached hydrogen (secondary N) is 1. The van der Waals surface area contributed by atoms with Crippen molar-refractivity contribution >= 4 is 29.1 Å². The highest BCUT2D eigenvalue weighted by molar-refractivity contribution is 6.33. The highest BCUT2D eigenvalue weighted by atomic mass is 35.5. The molecule has 0 radical (unpaired) electrons. The van der Waals surface area contributed by atoms with Gasteiger partial charge in [0.1, 0.15) is 5.82 Å². The fraction of sp³-hybridized carbons (Fsp3) is 0.417. The number of benzene rings is 1. The maximum atomic E-state index is 12.8. The third-order valence-electron chi connectivity index (χ3n) is 2.92. The predicted molar refractivity (Wildman–Crippen MR) is 66.2 cm³/mol. The van der Waals surface area contributed by atoms with Crippen molar-refractivity contribution in [2.45, 2.75) is 30.7 Å². The Balaban J connectivity index is 2.09. The van der Waals surface area contributed by atoms with Gasteiger partial charge in [-0.2, -0.15) is 0 Å². The zero-order valence-electron chi connectivity index (χ0n) is 9.05. The van der Waals surface area contributed by atoms with Crippen LogP contribution >= 0.6 is 23.2 Å². The summed E-state index contributed by atoms with van der Waals surface area (Å²) in [7, 11) is 0. The zero-order chi connectivity index (χ0) is 12.4. The van der Waals surface area contributed by atoms with Gasteiger partial charge < -0.3 is 5.32 Å². The minimum absolute atomic E-state index is 0.0229. The van der Waals surface area contributed by atoms with E-state index >= 15 is 0 Å². The van der Waals surface area contributed by atoms with E-state index in [9.17, 15) is 9.18 Å². The number of carbonyl (C=O) groups excluding carboxylic acids is 1. The van der Waals surface area contributed by atoms with E-state index in [4.69, 9.17) is 23.2 Å². The summed E-state index contributed by atoms with van der Waals surface area (Å²) < 4.78 is 12.8. The van der Waals surface area contributed by atoms with Gasteiger partial charge in [0.05, 0.1) is 16.0 Å². The quantitative estimate of drug-likeness (QED) is 0.824. The molecule has 1 fully saturated rings. The molecule has 0 aromatic heterocycles. The third kappa shape index (κ3) is 2.90. The third-order valence-corrected chi connectivity index (χ3v) is 3.76. The number of alkyl halides is 1. The molecule has 1 saturated carbocycles. The Kier molecular flexibility index (Phi) is 3.89. The van der Waals surface area contributed by atoms with Gasteiger partial charge in [-0.25, -0.2) is 4.39 Å². The predicted octanol–water partition coefficient (Wildman–Crippen LogP) is 3.37. The van der Waals surface area contributed by atoms with E-state index in [0.717, 1.165) is 25.3 Å². The topological polar surface area (TPSA) is 29.1 Å². The molecule has 2 unspecified atom stereocenters. The Morgan fingerprint density at radius 2 is 2.18 bits per heavy atom. The Hall–Kier alpha value is -0.800. The first-order valence-corrected chi connectivity index (χ1v) is 6.29. The average Bonchev–Trinajstić information content (AvgIpc) is 2.64. The van der Waals surface area contributed by atoms with Crippen molar-refractivity contribution in [3.8, 4) is 0 Å². The molecule has 2 nitrogen and oxygen atoms in total. The van der Waals surface area contributed by atoms with Crippen LogP contribution in [0.2, 0.25) is 5.02 Å². The summed E-state index contributed by atoms with van der Waals surface area (Å²) >= 11 is 11.9. The summed E-state index contributed by atoms with van der Waals surface area (Å²) in [6.45, 7) is 0. The first kappa shape index (κ1) is 12.7. The molecule has 0 saturated heterocycles. The summed E-state index contributed by atoms with van der Waals surface area (Å²) in [5.74, 6) is -0.754. The lowest BCUT2D eigenvalue weighted by Crippen LogP contribution is -2.37. The summed E-state index contributed by atoms with van der Waals surface area (Å²) in [5, 5.41) is 2.92. The van der Waals surface area contributed by atoms with Crippen molar-refractivity contribution in [2.75, 3.05) is 0 Å². The number of carbonyl (C=O) groups is 1. The Labute approximate surface area is 109 Å². The molecule has 1 N–H and O–H groups in total. The van der Waals surface area contributed by atoms with Crippen LogP contribution in [-0.2, 0) is 0 Å². The maximum Gasteiger partial charge on any atom is 0.253 e. The fourth-order valence-corrected chi connectivity index (χ4v) is 2.59. The van der Waals surface area contributed by atoms with Crippen molar-refractivity contribution in [3.63, 3.8) is 0 Å². The molecule has 1 aromatic rings. The highest BCUT2D eigenvalue weighted by Gasteiger charge is 2.27. The lowest BCUT2D eigenvalue weighted by atomic mass is 10.1. The molecular weight excluding hydrogens is 264 g/mol. The number of hydrogen-bond acceptors (Lipinski definition) is 1. The number of amides is 1. The Morgan fingerprint density at radius 3 is 2.76 bits per heavy atom. The SMILES string of the molecule is O=C(NC1CCCC1Cl)c1ccc(F)cc1Cl. The van der Waals surface area contributed by atoms with E-state index in [0.29, 0.717) is 0 Å². The first-order valence-electron chi connectivity index (χ1n) is 5.48. The second kappa shape index (κ2) is 5.23. The number of hydrogen-bond donors (Lipinski definition) is 1. The van der Waals surface area contributed by atoms with Crippen LogP contribution in [0.25, 0.3) is 0 Å². The van der Waals surface area contributed by atoms with E-state index in [1.165, 1.54) is 12.1 Å². The van der Waals surface area contributed by atoms with Crippen molar-refractivity contribution in [1.82, 2.24) is 5.32 Å². The molecule has 1 aromatic carbocycles. The Bertz CT molecular complexity index is 439. The molecular formula is C12H12Cl2FNO. The van der Waals surface area contributed by atoms with Crippen LogP contribution in [0.1, 0.15) is 29.6 Å². The van der Waals surface area contributed by atoms with Crippen molar-refractivity contribution in [3.05, 3.63) is 34.6 Å². The summed E-state index contributed by atoms with van der Waals surface area (Å²) in [5.41, 5.74) is 0.281. The lowest BCUT2D eigenvalue weighted by Gasteiger charge is -2.16. The van der Waals surface area contributed by atoms with Gasteiger partial charge in [-0.15, -0.1) is 11.6 Å². The average molecular weight is 276 g/mol. The van der Waals surface area contributed by atoms with Gasteiger partial charge >= 0.3 is 0 Å². The van der Waals surface area contributed by atoms with Gasteiger partial charge in [0.25, 0.3) is 5.91 Å². The molecule has 1 aliphatic carbocycles. The smallest absolute Gasteiger partial charge is 0.253 e. The lowest BCUT2D eigenvalue weighted by molar-refractivity contribution is 0.0938. The molecule has 92 valence electrons. The Morgan fingerprint density at radius 1 is 1.41 bits per heavy atom. The summed E-state index contributed by atoms with van der Waals surface area (Å²) in [4.78, 5) is 11.9. The van der Waals surface area contributed by atoms with Crippen LogP contribution in [0.5, 0.6) is 0 Å². The summed E-state index contributed by atoms with van der Waals surface area (Å²) in [6, 6.07) is 3.70. The zero-order valence-corrected chi connectivity index (χ0v) is 10.6. The van der Waals surface area contributed by atoms with Gasteiger partial charge in [0, 0.05) is 6.04 Å². The molecule has 1 aliphatic rings. The molecule has 0 aliphatic heterocycles. The van der Waals surface area contributed by atoms with E-state index in [-0.39, 0.29) is 27.9 Å². The monoisotopic (exact) mass is 275 g/mol. The minimum atomic E-state index is -0.456. The summed E-state index contributed by atoms with van der Waals surface area (Å²) in [6.07, 6.45) is 2.79. The molecule has 2 atom stereocenters. The van der Waals surface area contributed by atoms with Crippen LogP contribution in [0.15, 0.2) is 18.2 Å². The molecule has 0 heterocycles. The van der Waals surface area contributed by atoms with Crippen LogP contribution in [0.4, 0.5) is 4.39 Å². The molecule has 2 rings (SSSR count). The molecule has 0 spiro atoms. The second-order valence-electron chi connectivity index (χ2n) is 4.15. The van der Waals surface area contributed by atoms with E-state index < -0.39 is 5.82 Å². The van der Waals surface area contributed by atoms with E-state index in [1.807, 2.05) is 0 Å². The normalized spacial score (nSPS) is 23.7. The molecule has 17 heavy (non-hydrogen) atoms. The molecule has 5 heteroatoms. The largest absolute Gasteiger partial charge is 0.348 e. The van der Waals surface area contributed by atoms with E-state index in [2.05, 4.69) is 5.32 Å². The fourth-order valence-electron chi connectivity index (χ4n) is 2.00. The second-order valence-corrected chi connectivity index (χ2v) is 5.12. The van der Waals surface area contributed by atoms with Crippen molar-refractivity contribution < 1.29 is 9.18 Å². The molecule has 1 amide bonds. The number of rotatable bonds is 2. The van der Waals surface area contributed by atoms with Gasteiger partial charge in [0.2, 0.25) is 0 Å². The van der Waals surface area contributed by atoms with Crippen LogP contribution in [0.3, 0.4) is 0 Å². The van der Waals surface area contributed by atoms with Crippen LogP contribution < -0.4 is 5.32 Å². The maximum absolute atomic E-state index is 12.8. The van der Waals surface area contributed by atoms with Gasteiger partial charge in [0.15, 0.2) is 0 Å². The van der Waals surface area contributed by atoms with Gasteiger partial charge in [-0.05, 0) is 37.5 Å².